The summed E-state index contributed by atoms with van der Waals surface area (Å²) in [7, 11) is 0. The zero-order valence-electron chi connectivity index (χ0n) is 8.97. The Balaban J connectivity index is 2.35. The third kappa shape index (κ3) is 2.02. The molecule has 1 amide bonds. The molecular formula is C10H8F2N2O4. The Kier molecular flexibility index (Phi) is 2.95. The van der Waals surface area contributed by atoms with Gasteiger partial charge in [0.15, 0.2) is 0 Å². The topological polar surface area (TPSA) is 83.7 Å². The molecule has 8 heteroatoms. The predicted molar refractivity (Wildman–Crippen MR) is 54.9 cm³/mol. The quantitative estimate of drug-likeness (QED) is 0.624. The predicted octanol–water partition coefficient (Wildman–Crippen LogP) is 0.690. The fourth-order valence-corrected chi connectivity index (χ4v) is 1.63. The molecule has 1 aliphatic heterocycles. The third-order valence-electron chi connectivity index (χ3n) is 2.61. The number of nitro benzene ring substituents is 1. The average molecular weight is 258 g/mol. The number of benzene rings is 1. The lowest BCUT2D eigenvalue weighted by atomic mass is 10.1. The molecule has 1 fully saturated rings. The van der Waals surface area contributed by atoms with Crippen LogP contribution in [0.4, 0.5) is 14.5 Å². The van der Waals surface area contributed by atoms with Crippen molar-refractivity contribution in [2.45, 2.75) is 6.10 Å². The lowest BCUT2D eigenvalue weighted by molar-refractivity contribution is -0.387. The number of halogens is 2. The molecule has 1 aromatic carbocycles. The second-order valence-corrected chi connectivity index (χ2v) is 3.90. The molecule has 96 valence electrons. The van der Waals surface area contributed by atoms with E-state index in [0.717, 1.165) is 4.90 Å². The number of nitro groups is 1. The van der Waals surface area contributed by atoms with E-state index in [9.17, 15) is 23.7 Å². The van der Waals surface area contributed by atoms with E-state index in [1.165, 1.54) is 0 Å². The van der Waals surface area contributed by atoms with Crippen LogP contribution in [0.1, 0.15) is 10.4 Å². The van der Waals surface area contributed by atoms with Crippen molar-refractivity contribution in [3.8, 4) is 0 Å². The van der Waals surface area contributed by atoms with Crippen LogP contribution in [0.25, 0.3) is 0 Å². The maximum absolute atomic E-state index is 13.4. The lowest BCUT2D eigenvalue weighted by Gasteiger charge is -2.35. The first-order chi connectivity index (χ1) is 8.40. The average Bonchev–Trinajstić information content (AvgIpc) is 2.23. The number of hydrogen-bond acceptors (Lipinski definition) is 4. The maximum atomic E-state index is 13.4. The van der Waals surface area contributed by atoms with Gasteiger partial charge in [0.1, 0.15) is 5.82 Å². The minimum Gasteiger partial charge on any atom is -0.389 e. The number of likely N-dealkylation sites (tertiary alicyclic amines) is 1. The van der Waals surface area contributed by atoms with Gasteiger partial charge in [-0.3, -0.25) is 14.9 Å². The molecule has 1 heterocycles. The van der Waals surface area contributed by atoms with E-state index in [-0.39, 0.29) is 13.1 Å². The number of hydrogen-bond donors (Lipinski definition) is 1. The zero-order chi connectivity index (χ0) is 13.4. The van der Waals surface area contributed by atoms with Crippen LogP contribution in [0.15, 0.2) is 12.1 Å². The molecule has 2 rings (SSSR count). The molecule has 18 heavy (non-hydrogen) atoms. The standard InChI is InChI=1S/C10H8F2N2O4/c11-7-2-8(12)9(14(17)18)1-6(7)10(16)13-3-5(15)4-13/h1-2,5,15H,3-4H2. The summed E-state index contributed by atoms with van der Waals surface area (Å²) < 4.78 is 26.4. The second-order valence-electron chi connectivity index (χ2n) is 3.90. The molecule has 1 aliphatic rings. The summed E-state index contributed by atoms with van der Waals surface area (Å²) in [6, 6.07) is 0.874. The fraction of sp³-hybridized carbons (Fsp3) is 0.300. The molecule has 0 radical (unpaired) electrons. The molecule has 0 spiro atoms. The molecule has 0 aliphatic carbocycles. The first kappa shape index (κ1) is 12.4. The number of β-amino-alcohol motifs (C(OH)–C–C–N with tert-alkyl or cyclic N) is 1. The Morgan fingerprint density at radius 3 is 2.50 bits per heavy atom. The molecule has 0 aromatic heterocycles. The summed E-state index contributed by atoms with van der Waals surface area (Å²) in [4.78, 5) is 22.3. The molecular weight excluding hydrogens is 250 g/mol. The third-order valence-corrected chi connectivity index (χ3v) is 2.61. The van der Waals surface area contributed by atoms with Crippen LogP contribution >= 0.6 is 0 Å². The highest BCUT2D eigenvalue weighted by Gasteiger charge is 2.32. The van der Waals surface area contributed by atoms with Crippen molar-refractivity contribution in [2.24, 2.45) is 0 Å². The fourth-order valence-electron chi connectivity index (χ4n) is 1.63. The molecule has 0 bridgehead atoms. The van der Waals surface area contributed by atoms with Gasteiger partial charge in [0.05, 0.1) is 16.6 Å². The van der Waals surface area contributed by atoms with Crippen molar-refractivity contribution >= 4 is 11.6 Å². The molecule has 0 atom stereocenters. The van der Waals surface area contributed by atoms with Crippen molar-refractivity contribution in [2.75, 3.05) is 13.1 Å². The van der Waals surface area contributed by atoms with Crippen LogP contribution in [0, 0.1) is 21.7 Å². The van der Waals surface area contributed by atoms with Crippen molar-refractivity contribution in [3.63, 3.8) is 0 Å². The van der Waals surface area contributed by atoms with Crippen molar-refractivity contribution in [1.29, 1.82) is 0 Å². The van der Waals surface area contributed by atoms with Crippen LogP contribution in [0.3, 0.4) is 0 Å². The van der Waals surface area contributed by atoms with Crippen LogP contribution < -0.4 is 0 Å². The van der Waals surface area contributed by atoms with Crippen LogP contribution in [0.2, 0.25) is 0 Å². The van der Waals surface area contributed by atoms with Crippen LogP contribution in [-0.2, 0) is 0 Å². The summed E-state index contributed by atoms with van der Waals surface area (Å²) in [6.07, 6.45) is -0.674. The Hall–Kier alpha value is -2.09. The highest BCUT2D eigenvalue weighted by Crippen LogP contribution is 2.24. The number of nitrogens with zero attached hydrogens (tertiary/aromatic N) is 2. The number of aliphatic hydroxyl groups excluding tert-OH is 1. The van der Waals surface area contributed by atoms with Gasteiger partial charge in [-0.25, -0.2) is 4.39 Å². The van der Waals surface area contributed by atoms with E-state index in [1.807, 2.05) is 0 Å². The van der Waals surface area contributed by atoms with E-state index < -0.39 is 39.8 Å². The summed E-state index contributed by atoms with van der Waals surface area (Å²) in [5, 5.41) is 19.5. The summed E-state index contributed by atoms with van der Waals surface area (Å²) in [5.41, 5.74) is -1.53. The van der Waals surface area contributed by atoms with E-state index in [4.69, 9.17) is 5.11 Å². The Bertz CT molecular complexity index is 529. The SMILES string of the molecule is O=C(c1cc([N+](=O)[O-])c(F)cc1F)N1CC(O)C1. The van der Waals surface area contributed by atoms with Crippen LogP contribution in [-0.4, -0.2) is 40.0 Å². The van der Waals surface area contributed by atoms with Gasteiger partial charge in [-0.15, -0.1) is 0 Å². The van der Waals surface area contributed by atoms with Gasteiger partial charge in [-0.1, -0.05) is 0 Å². The van der Waals surface area contributed by atoms with Gasteiger partial charge >= 0.3 is 5.69 Å². The minimum absolute atomic E-state index is 0.0312. The second kappa shape index (κ2) is 4.30. The number of rotatable bonds is 2. The maximum Gasteiger partial charge on any atom is 0.305 e. The van der Waals surface area contributed by atoms with Gasteiger partial charge in [-0.2, -0.15) is 4.39 Å². The lowest BCUT2D eigenvalue weighted by Crippen LogP contribution is -2.53. The highest BCUT2D eigenvalue weighted by molar-refractivity contribution is 5.95. The molecule has 6 nitrogen and oxygen atoms in total. The highest BCUT2D eigenvalue weighted by atomic mass is 19.1. The molecule has 1 N–H and O–H groups in total. The number of amides is 1. The largest absolute Gasteiger partial charge is 0.389 e. The van der Waals surface area contributed by atoms with Crippen molar-refractivity contribution < 1.29 is 23.6 Å². The first-order valence-electron chi connectivity index (χ1n) is 5.01. The summed E-state index contributed by atoms with van der Waals surface area (Å²) in [5.74, 6) is -3.30. The number of aliphatic hydroxyl groups is 1. The van der Waals surface area contributed by atoms with Crippen molar-refractivity contribution in [1.82, 2.24) is 4.90 Å². The monoisotopic (exact) mass is 258 g/mol. The Morgan fingerprint density at radius 1 is 1.39 bits per heavy atom. The van der Waals surface area contributed by atoms with Gasteiger partial charge in [0, 0.05) is 25.2 Å². The molecule has 0 unspecified atom stereocenters. The van der Waals surface area contributed by atoms with Gasteiger partial charge in [0.25, 0.3) is 5.91 Å². The van der Waals surface area contributed by atoms with E-state index >= 15 is 0 Å². The Morgan fingerprint density at radius 2 is 2.00 bits per heavy atom. The zero-order valence-corrected chi connectivity index (χ0v) is 8.97. The summed E-state index contributed by atoms with van der Waals surface area (Å²) in [6.45, 7) is 0.0624. The van der Waals surface area contributed by atoms with Gasteiger partial charge < -0.3 is 10.0 Å². The van der Waals surface area contributed by atoms with E-state index in [1.54, 1.807) is 0 Å². The van der Waals surface area contributed by atoms with Gasteiger partial charge in [-0.05, 0) is 0 Å². The van der Waals surface area contributed by atoms with Gasteiger partial charge in [0.2, 0.25) is 5.82 Å². The molecule has 1 aromatic rings. The minimum atomic E-state index is -1.34. The summed E-state index contributed by atoms with van der Waals surface area (Å²) >= 11 is 0. The smallest absolute Gasteiger partial charge is 0.305 e. The van der Waals surface area contributed by atoms with E-state index in [2.05, 4.69) is 0 Å². The molecule has 1 saturated heterocycles. The first-order valence-corrected chi connectivity index (χ1v) is 5.01. The Labute approximate surface area is 99.6 Å². The molecule has 0 saturated carbocycles. The van der Waals surface area contributed by atoms with E-state index in [0.29, 0.717) is 12.1 Å². The van der Waals surface area contributed by atoms with Crippen molar-refractivity contribution in [3.05, 3.63) is 39.4 Å². The van der Waals surface area contributed by atoms with Crippen LogP contribution in [0.5, 0.6) is 0 Å². The number of carbonyl (C=O) groups is 1. The normalized spacial score (nSPS) is 15.4. The number of carbonyl (C=O) groups excluding carboxylic acids is 1.